The second kappa shape index (κ2) is 8.53. The molecule has 5 heteroatoms. The monoisotopic (exact) mass is 341 g/mol. The van der Waals surface area contributed by atoms with Crippen LogP contribution in [0.3, 0.4) is 0 Å². The van der Waals surface area contributed by atoms with Crippen LogP contribution in [0, 0.1) is 0 Å². The van der Waals surface area contributed by atoms with Gasteiger partial charge in [-0.25, -0.2) is 4.79 Å². The van der Waals surface area contributed by atoms with Crippen molar-refractivity contribution in [3.63, 3.8) is 0 Å². The zero-order chi connectivity index (χ0) is 17.5. The molecule has 0 bridgehead atoms. The highest BCUT2D eigenvalue weighted by Gasteiger charge is 2.20. The van der Waals surface area contributed by atoms with Crippen molar-refractivity contribution in [3.8, 4) is 5.75 Å². The van der Waals surface area contributed by atoms with E-state index in [4.69, 9.17) is 9.47 Å². The van der Waals surface area contributed by atoms with Gasteiger partial charge in [0, 0.05) is 24.8 Å². The van der Waals surface area contributed by atoms with E-state index in [2.05, 4.69) is 4.90 Å². The van der Waals surface area contributed by atoms with Crippen LogP contribution in [0.1, 0.15) is 12.0 Å². The van der Waals surface area contributed by atoms with Gasteiger partial charge in [0.1, 0.15) is 5.75 Å². The van der Waals surface area contributed by atoms with Crippen LogP contribution in [0.2, 0.25) is 0 Å². The van der Waals surface area contributed by atoms with Crippen LogP contribution < -0.4 is 9.64 Å². The van der Waals surface area contributed by atoms with Gasteiger partial charge in [-0.2, -0.15) is 0 Å². The molecule has 0 spiro atoms. The maximum atomic E-state index is 11.6. The van der Waals surface area contributed by atoms with Crippen LogP contribution in [-0.4, -0.2) is 43.5 Å². The van der Waals surface area contributed by atoms with E-state index in [0.29, 0.717) is 31.8 Å². The van der Waals surface area contributed by atoms with E-state index in [9.17, 15) is 9.90 Å². The van der Waals surface area contributed by atoms with Crippen LogP contribution in [0.25, 0.3) is 0 Å². The van der Waals surface area contributed by atoms with Crippen molar-refractivity contribution in [1.29, 1.82) is 0 Å². The molecule has 1 atom stereocenters. The average Bonchev–Trinajstić information content (AvgIpc) is 2.66. The van der Waals surface area contributed by atoms with Crippen molar-refractivity contribution in [3.05, 3.63) is 60.2 Å². The minimum absolute atomic E-state index is 0.432. The number of hydrogen-bond acceptors (Lipinski definition) is 4. The summed E-state index contributed by atoms with van der Waals surface area (Å²) >= 11 is 0. The molecule has 0 aliphatic carbocycles. The van der Waals surface area contributed by atoms with Gasteiger partial charge in [0.2, 0.25) is 0 Å². The van der Waals surface area contributed by atoms with Crippen molar-refractivity contribution in [2.45, 2.75) is 18.9 Å². The number of morpholine rings is 1. The number of anilines is 1. The number of hydrogen-bond donors (Lipinski definition) is 1. The molecule has 1 N–H and O–H groups in total. The lowest BCUT2D eigenvalue weighted by atomic mass is 10.1. The lowest BCUT2D eigenvalue weighted by Crippen LogP contribution is -2.36. The molecule has 0 aromatic heterocycles. The molecule has 1 unspecified atom stereocenters. The first-order valence-electron chi connectivity index (χ1n) is 8.58. The zero-order valence-corrected chi connectivity index (χ0v) is 14.1. The minimum Gasteiger partial charge on any atom is -0.479 e. The summed E-state index contributed by atoms with van der Waals surface area (Å²) in [7, 11) is 0. The molecule has 1 aliphatic rings. The number of aliphatic carboxylic acids is 1. The summed E-state index contributed by atoms with van der Waals surface area (Å²) in [6.07, 6.45) is 0.238. The molecule has 1 aliphatic heterocycles. The van der Waals surface area contributed by atoms with Gasteiger partial charge < -0.3 is 19.5 Å². The number of nitrogens with zero attached hydrogens (tertiary/aromatic N) is 1. The molecule has 2 aromatic carbocycles. The Morgan fingerprint density at radius 1 is 1.12 bits per heavy atom. The van der Waals surface area contributed by atoms with E-state index in [1.165, 1.54) is 0 Å². The van der Waals surface area contributed by atoms with Crippen molar-refractivity contribution in [1.82, 2.24) is 0 Å². The van der Waals surface area contributed by atoms with Gasteiger partial charge in [0.25, 0.3) is 0 Å². The number of ether oxygens (including phenoxy) is 2. The number of rotatable bonds is 7. The van der Waals surface area contributed by atoms with Crippen LogP contribution in [0.4, 0.5) is 5.69 Å². The van der Waals surface area contributed by atoms with Gasteiger partial charge in [0.15, 0.2) is 6.10 Å². The minimum atomic E-state index is -0.937. The van der Waals surface area contributed by atoms with E-state index in [1.807, 2.05) is 54.6 Å². The fourth-order valence-corrected chi connectivity index (χ4v) is 2.91. The number of carboxylic acids is 1. The molecule has 1 saturated heterocycles. The standard InChI is InChI=1S/C20H23NO4/c22-20(23)19(10-9-16-5-2-1-3-6-16)25-18-8-4-7-17(15-18)21-11-13-24-14-12-21/h1-8,15,19H,9-14H2,(H,22,23). The molecule has 25 heavy (non-hydrogen) atoms. The van der Waals surface area contributed by atoms with Gasteiger partial charge in [-0.3, -0.25) is 0 Å². The SMILES string of the molecule is O=C(O)C(CCc1ccccc1)Oc1cccc(N2CCOCC2)c1. The summed E-state index contributed by atoms with van der Waals surface area (Å²) in [4.78, 5) is 13.8. The fraction of sp³-hybridized carbons (Fsp3) is 0.350. The molecule has 0 radical (unpaired) electrons. The van der Waals surface area contributed by atoms with E-state index >= 15 is 0 Å². The highest BCUT2D eigenvalue weighted by Crippen LogP contribution is 2.23. The lowest BCUT2D eigenvalue weighted by molar-refractivity contribution is -0.145. The van der Waals surface area contributed by atoms with E-state index in [1.54, 1.807) is 0 Å². The first-order chi connectivity index (χ1) is 12.2. The Morgan fingerprint density at radius 3 is 2.60 bits per heavy atom. The van der Waals surface area contributed by atoms with E-state index < -0.39 is 12.1 Å². The largest absolute Gasteiger partial charge is 0.479 e. The first kappa shape index (κ1) is 17.3. The van der Waals surface area contributed by atoms with Crippen molar-refractivity contribution in [2.24, 2.45) is 0 Å². The molecule has 132 valence electrons. The molecular formula is C20H23NO4. The second-order valence-corrected chi connectivity index (χ2v) is 6.07. The molecule has 1 heterocycles. The summed E-state index contributed by atoms with van der Waals surface area (Å²) in [6.45, 7) is 3.08. The number of carboxylic acid groups (broad SMARTS) is 1. The third kappa shape index (κ3) is 4.97. The molecule has 2 aromatic rings. The van der Waals surface area contributed by atoms with Crippen LogP contribution in [0.15, 0.2) is 54.6 Å². The van der Waals surface area contributed by atoms with Crippen molar-refractivity contribution in [2.75, 3.05) is 31.2 Å². The number of carbonyl (C=O) groups is 1. The van der Waals surface area contributed by atoms with E-state index in [0.717, 1.165) is 24.3 Å². The van der Waals surface area contributed by atoms with Gasteiger partial charge in [-0.15, -0.1) is 0 Å². The van der Waals surface area contributed by atoms with E-state index in [-0.39, 0.29) is 0 Å². The molecule has 5 nitrogen and oxygen atoms in total. The van der Waals surface area contributed by atoms with Crippen molar-refractivity contribution < 1.29 is 19.4 Å². The maximum Gasteiger partial charge on any atom is 0.344 e. The summed E-state index contributed by atoms with van der Waals surface area (Å²) in [6, 6.07) is 17.5. The van der Waals surface area contributed by atoms with Crippen LogP contribution in [0.5, 0.6) is 5.75 Å². The Morgan fingerprint density at radius 2 is 1.88 bits per heavy atom. The van der Waals surface area contributed by atoms with Crippen LogP contribution in [-0.2, 0) is 16.0 Å². The number of benzene rings is 2. The zero-order valence-electron chi connectivity index (χ0n) is 14.1. The molecule has 3 rings (SSSR count). The Bertz CT molecular complexity index is 683. The fourth-order valence-electron chi connectivity index (χ4n) is 2.91. The van der Waals surface area contributed by atoms with Gasteiger partial charge in [-0.1, -0.05) is 36.4 Å². The summed E-state index contributed by atoms with van der Waals surface area (Å²) in [5.41, 5.74) is 2.15. The Labute approximate surface area is 147 Å². The highest BCUT2D eigenvalue weighted by atomic mass is 16.5. The third-order valence-electron chi connectivity index (χ3n) is 4.29. The maximum absolute atomic E-state index is 11.6. The Kier molecular flexibility index (Phi) is 5.90. The van der Waals surface area contributed by atoms with Crippen molar-refractivity contribution >= 4 is 11.7 Å². The first-order valence-corrected chi connectivity index (χ1v) is 8.58. The second-order valence-electron chi connectivity index (χ2n) is 6.07. The molecular weight excluding hydrogens is 318 g/mol. The molecule has 1 fully saturated rings. The van der Waals surface area contributed by atoms with Gasteiger partial charge >= 0.3 is 5.97 Å². The topological polar surface area (TPSA) is 59.0 Å². The van der Waals surface area contributed by atoms with Gasteiger partial charge in [-0.05, 0) is 30.5 Å². The smallest absolute Gasteiger partial charge is 0.344 e. The lowest BCUT2D eigenvalue weighted by Gasteiger charge is -2.29. The Hall–Kier alpha value is -2.53. The highest BCUT2D eigenvalue weighted by molar-refractivity contribution is 5.72. The molecule has 0 saturated carbocycles. The quantitative estimate of drug-likeness (QED) is 0.839. The average molecular weight is 341 g/mol. The predicted octanol–water partition coefficient (Wildman–Crippen LogP) is 2.99. The number of aryl methyl sites for hydroxylation is 1. The summed E-state index contributed by atoms with van der Waals surface area (Å²) in [5, 5.41) is 9.48. The van der Waals surface area contributed by atoms with Crippen LogP contribution >= 0.6 is 0 Å². The Balaban J connectivity index is 1.64. The summed E-state index contributed by atoms with van der Waals surface area (Å²) < 4.78 is 11.1. The third-order valence-corrected chi connectivity index (χ3v) is 4.29. The molecule has 0 amide bonds. The summed E-state index contributed by atoms with van der Waals surface area (Å²) in [5.74, 6) is -0.350. The normalized spacial score (nSPS) is 15.6. The van der Waals surface area contributed by atoms with Gasteiger partial charge in [0.05, 0.1) is 13.2 Å². The predicted molar refractivity (Wildman–Crippen MR) is 96.3 cm³/mol.